The average Bonchev–Trinajstić information content (AvgIpc) is 3.41. The van der Waals surface area contributed by atoms with Gasteiger partial charge in [0.05, 0.1) is 17.4 Å². The number of hydrogen-bond acceptors (Lipinski definition) is 5. The summed E-state index contributed by atoms with van der Waals surface area (Å²) in [7, 11) is 0. The van der Waals surface area contributed by atoms with Crippen molar-refractivity contribution in [3.8, 4) is 5.88 Å². The van der Waals surface area contributed by atoms with E-state index in [0.717, 1.165) is 30.7 Å². The van der Waals surface area contributed by atoms with E-state index >= 15 is 0 Å². The number of alkyl halides is 2. The molecule has 0 unspecified atom stereocenters. The molecule has 0 saturated heterocycles. The maximum atomic E-state index is 12.9. The molecule has 0 aromatic carbocycles. The van der Waals surface area contributed by atoms with Gasteiger partial charge in [0.1, 0.15) is 10.8 Å². The summed E-state index contributed by atoms with van der Waals surface area (Å²) in [6.07, 6.45) is 6.68. The van der Waals surface area contributed by atoms with E-state index in [1.54, 1.807) is 29.2 Å². The third-order valence-corrected chi connectivity index (χ3v) is 4.61. The molecule has 29 heavy (non-hydrogen) atoms. The number of nitrogens with one attached hydrogen (secondary N) is 1. The van der Waals surface area contributed by atoms with E-state index < -0.39 is 12.5 Å². The summed E-state index contributed by atoms with van der Waals surface area (Å²) < 4.78 is 32.5. The van der Waals surface area contributed by atoms with Crippen molar-refractivity contribution in [2.24, 2.45) is 5.92 Å². The van der Waals surface area contributed by atoms with Gasteiger partial charge in [0.25, 0.3) is 5.92 Å². The number of pyridine rings is 2. The Morgan fingerprint density at radius 2 is 2.21 bits per heavy atom. The van der Waals surface area contributed by atoms with Gasteiger partial charge in [0, 0.05) is 31.4 Å². The molecule has 1 N–H and O–H groups in total. The summed E-state index contributed by atoms with van der Waals surface area (Å²) in [5, 5.41) is 8.20. The standard InChI is InChI=1S/C19H18ClF2N5O2/c1-19(21,22)10-29-18-14(20)6-11(7-24-18)8-27-9-13-15(26-27)4-5-23-16(13)25-17(28)12-2-3-12/h4-7,9,12H,2-3,8,10H2,1H3,(H,23,25,28). The van der Waals surface area contributed by atoms with Gasteiger partial charge >= 0.3 is 0 Å². The number of aromatic nitrogens is 4. The zero-order valence-electron chi connectivity index (χ0n) is 15.5. The number of ether oxygens (including phenoxy) is 1. The van der Waals surface area contributed by atoms with E-state index in [1.165, 1.54) is 6.20 Å². The molecule has 3 aromatic rings. The molecule has 0 bridgehead atoms. The monoisotopic (exact) mass is 421 g/mol. The molecule has 1 saturated carbocycles. The lowest BCUT2D eigenvalue weighted by molar-refractivity contribution is -0.117. The minimum atomic E-state index is -2.97. The second-order valence-electron chi connectivity index (χ2n) is 7.17. The van der Waals surface area contributed by atoms with Crippen molar-refractivity contribution >= 4 is 34.2 Å². The van der Waals surface area contributed by atoms with Crippen LogP contribution in [0.25, 0.3) is 10.9 Å². The van der Waals surface area contributed by atoms with Gasteiger partial charge in [-0.25, -0.2) is 18.7 Å². The smallest absolute Gasteiger partial charge is 0.278 e. The molecule has 4 rings (SSSR count). The summed E-state index contributed by atoms with van der Waals surface area (Å²) in [6, 6.07) is 3.35. The van der Waals surface area contributed by atoms with E-state index in [4.69, 9.17) is 16.3 Å². The van der Waals surface area contributed by atoms with Crippen LogP contribution in [0.5, 0.6) is 5.88 Å². The average molecular weight is 422 g/mol. The Morgan fingerprint density at radius 1 is 1.41 bits per heavy atom. The van der Waals surface area contributed by atoms with Gasteiger partial charge in [-0.3, -0.25) is 9.48 Å². The molecule has 7 nitrogen and oxygen atoms in total. The predicted molar refractivity (Wildman–Crippen MR) is 103 cm³/mol. The molecule has 1 aliphatic carbocycles. The van der Waals surface area contributed by atoms with Crippen LogP contribution in [0, 0.1) is 5.92 Å². The zero-order chi connectivity index (χ0) is 20.6. The number of carbonyl (C=O) groups excluding carboxylic acids is 1. The quantitative estimate of drug-likeness (QED) is 0.625. The number of anilines is 1. The number of rotatable bonds is 7. The Morgan fingerprint density at radius 3 is 2.90 bits per heavy atom. The SMILES string of the molecule is CC(F)(F)COc1ncc(Cn2cc3c(NC(=O)C4CC4)nccc3n2)cc1Cl. The molecule has 0 atom stereocenters. The Hall–Kier alpha value is -2.81. The zero-order valence-corrected chi connectivity index (χ0v) is 16.3. The highest BCUT2D eigenvalue weighted by atomic mass is 35.5. The van der Waals surface area contributed by atoms with Crippen molar-refractivity contribution in [3.63, 3.8) is 0 Å². The van der Waals surface area contributed by atoms with Crippen LogP contribution in [0.15, 0.2) is 30.7 Å². The summed E-state index contributed by atoms with van der Waals surface area (Å²) in [5.41, 5.74) is 1.41. The van der Waals surface area contributed by atoms with E-state index in [-0.39, 0.29) is 22.7 Å². The first-order valence-electron chi connectivity index (χ1n) is 9.06. The fourth-order valence-electron chi connectivity index (χ4n) is 2.78. The number of nitrogens with zero attached hydrogens (tertiary/aromatic N) is 4. The molecule has 3 heterocycles. The van der Waals surface area contributed by atoms with Gasteiger partial charge < -0.3 is 10.1 Å². The summed E-state index contributed by atoms with van der Waals surface area (Å²) >= 11 is 6.10. The molecule has 0 spiro atoms. The van der Waals surface area contributed by atoms with Gasteiger partial charge in [0.2, 0.25) is 11.8 Å². The van der Waals surface area contributed by atoms with Crippen LogP contribution in [0.1, 0.15) is 25.3 Å². The first kappa shape index (κ1) is 19.5. The van der Waals surface area contributed by atoms with E-state index in [9.17, 15) is 13.6 Å². The van der Waals surface area contributed by atoms with E-state index in [1.807, 2.05) is 0 Å². The molecule has 0 radical (unpaired) electrons. The third-order valence-electron chi connectivity index (χ3n) is 4.34. The van der Waals surface area contributed by atoms with Gasteiger partial charge in [-0.2, -0.15) is 5.10 Å². The Labute approximate surface area is 170 Å². The Kier molecular flexibility index (Phi) is 5.08. The number of amides is 1. The van der Waals surface area contributed by atoms with Crippen molar-refractivity contribution in [3.05, 3.63) is 41.3 Å². The number of hydrogen-bond donors (Lipinski definition) is 1. The minimum absolute atomic E-state index is 0.0259. The minimum Gasteiger partial charge on any atom is -0.470 e. The van der Waals surface area contributed by atoms with Gasteiger partial charge in [0.15, 0.2) is 6.61 Å². The lowest BCUT2D eigenvalue weighted by Crippen LogP contribution is -2.21. The fourth-order valence-corrected chi connectivity index (χ4v) is 3.02. The first-order chi connectivity index (χ1) is 13.8. The van der Waals surface area contributed by atoms with Crippen molar-refractivity contribution in [2.45, 2.75) is 32.2 Å². The highest BCUT2D eigenvalue weighted by Crippen LogP contribution is 2.31. The highest BCUT2D eigenvalue weighted by Gasteiger charge is 2.30. The lowest BCUT2D eigenvalue weighted by atomic mass is 10.3. The van der Waals surface area contributed by atoms with Crippen LogP contribution in [0.4, 0.5) is 14.6 Å². The first-order valence-corrected chi connectivity index (χ1v) is 9.44. The molecular formula is C19H18ClF2N5O2. The lowest BCUT2D eigenvalue weighted by Gasteiger charge is -2.12. The molecule has 1 amide bonds. The van der Waals surface area contributed by atoms with Crippen molar-refractivity contribution in [2.75, 3.05) is 11.9 Å². The highest BCUT2D eigenvalue weighted by molar-refractivity contribution is 6.31. The van der Waals surface area contributed by atoms with E-state index in [2.05, 4.69) is 20.4 Å². The van der Waals surface area contributed by atoms with Crippen LogP contribution in [-0.4, -0.2) is 38.2 Å². The maximum absolute atomic E-state index is 12.9. The normalized spacial score (nSPS) is 14.2. The Balaban J connectivity index is 1.50. The van der Waals surface area contributed by atoms with Crippen LogP contribution in [-0.2, 0) is 11.3 Å². The van der Waals surface area contributed by atoms with Crippen molar-refractivity contribution in [1.29, 1.82) is 0 Å². The Bertz CT molecular complexity index is 1060. The third kappa shape index (κ3) is 4.79. The van der Waals surface area contributed by atoms with Crippen molar-refractivity contribution < 1.29 is 18.3 Å². The second kappa shape index (κ2) is 7.55. The van der Waals surface area contributed by atoms with Gasteiger partial charge in [-0.1, -0.05) is 11.6 Å². The molecular weight excluding hydrogens is 404 g/mol. The number of halogens is 3. The topological polar surface area (TPSA) is 81.9 Å². The molecule has 1 aliphatic rings. The number of fused-ring (bicyclic) bond motifs is 1. The number of carbonyl (C=O) groups is 1. The summed E-state index contributed by atoms with van der Waals surface area (Å²) in [4.78, 5) is 20.3. The molecule has 0 aliphatic heterocycles. The largest absolute Gasteiger partial charge is 0.470 e. The van der Waals surface area contributed by atoms with Crippen LogP contribution >= 0.6 is 11.6 Å². The second-order valence-corrected chi connectivity index (χ2v) is 7.58. The van der Waals surface area contributed by atoms with Crippen molar-refractivity contribution in [1.82, 2.24) is 19.7 Å². The summed E-state index contributed by atoms with van der Waals surface area (Å²) in [6.45, 7) is 0.307. The molecule has 10 heteroatoms. The van der Waals surface area contributed by atoms with Crippen LogP contribution in [0.3, 0.4) is 0 Å². The summed E-state index contributed by atoms with van der Waals surface area (Å²) in [5.74, 6) is -2.49. The maximum Gasteiger partial charge on any atom is 0.278 e. The predicted octanol–water partition coefficient (Wildman–Crippen LogP) is 3.91. The van der Waals surface area contributed by atoms with Gasteiger partial charge in [-0.15, -0.1) is 0 Å². The molecule has 152 valence electrons. The van der Waals surface area contributed by atoms with Gasteiger partial charge in [-0.05, 0) is 30.5 Å². The molecule has 1 fully saturated rings. The molecule has 3 aromatic heterocycles. The van der Waals surface area contributed by atoms with Crippen LogP contribution in [0.2, 0.25) is 5.02 Å². The fraction of sp³-hybridized carbons (Fsp3) is 0.368. The van der Waals surface area contributed by atoms with Crippen LogP contribution < -0.4 is 10.1 Å². The van der Waals surface area contributed by atoms with E-state index in [0.29, 0.717) is 17.9 Å².